The molecule has 84 valence electrons. The first kappa shape index (κ1) is 11.4. The molecule has 0 radical (unpaired) electrons. The van der Waals surface area contributed by atoms with Crippen molar-refractivity contribution in [1.82, 2.24) is 4.98 Å². The van der Waals surface area contributed by atoms with Crippen LogP contribution in [0.3, 0.4) is 0 Å². The van der Waals surface area contributed by atoms with Gasteiger partial charge in [-0.25, -0.2) is 4.98 Å². The van der Waals surface area contributed by atoms with Gasteiger partial charge in [-0.3, -0.25) is 0 Å². The lowest BCUT2D eigenvalue weighted by atomic mass is 9.95. The monoisotopic (exact) mass is 290 g/mol. The van der Waals surface area contributed by atoms with Crippen molar-refractivity contribution in [3.05, 3.63) is 9.98 Å². The number of piperidine rings is 1. The van der Waals surface area contributed by atoms with E-state index in [1.54, 1.807) is 11.3 Å². The first-order chi connectivity index (χ1) is 7.29. The van der Waals surface area contributed by atoms with Crippen LogP contribution in [-0.4, -0.2) is 29.8 Å². The Morgan fingerprint density at radius 2 is 2.53 bits per heavy atom. The van der Waals surface area contributed by atoms with Crippen molar-refractivity contribution in [1.29, 1.82) is 0 Å². The van der Waals surface area contributed by atoms with E-state index in [0.717, 1.165) is 29.2 Å². The lowest BCUT2D eigenvalue weighted by Gasteiger charge is -2.32. The van der Waals surface area contributed by atoms with Crippen molar-refractivity contribution in [2.24, 2.45) is 5.92 Å². The van der Waals surface area contributed by atoms with Crippen LogP contribution in [0.2, 0.25) is 0 Å². The molecule has 1 saturated heterocycles. The van der Waals surface area contributed by atoms with E-state index in [-0.39, 0.29) is 0 Å². The number of halogens is 1. The van der Waals surface area contributed by atoms with Crippen LogP contribution in [0.5, 0.6) is 0 Å². The summed E-state index contributed by atoms with van der Waals surface area (Å²) in [6.45, 7) is 2.45. The van der Waals surface area contributed by atoms with Crippen LogP contribution in [0.25, 0.3) is 0 Å². The largest absolute Gasteiger partial charge is 0.396 e. The molecule has 1 N–H and O–H groups in total. The second-order valence-corrected chi connectivity index (χ2v) is 5.57. The average molecular weight is 291 g/mol. The smallest absolute Gasteiger partial charge is 0.186 e. The van der Waals surface area contributed by atoms with E-state index in [1.807, 2.05) is 5.38 Å². The minimum atomic E-state index is 0.306. The Balaban J connectivity index is 1.98. The molecule has 1 unspecified atom stereocenters. The number of rotatable bonds is 3. The summed E-state index contributed by atoms with van der Waals surface area (Å²) in [6.07, 6.45) is 3.37. The van der Waals surface area contributed by atoms with Gasteiger partial charge >= 0.3 is 0 Å². The van der Waals surface area contributed by atoms with Crippen molar-refractivity contribution in [2.45, 2.75) is 19.3 Å². The molecule has 0 bridgehead atoms. The minimum Gasteiger partial charge on any atom is -0.396 e. The van der Waals surface area contributed by atoms with Gasteiger partial charge < -0.3 is 10.0 Å². The van der Waals surface area contributed by atoms with Crippen LogP contribution in [0.4, 0.5) is 5.13 Å². The standard InChI is InChI=1S/C10H15BrN2OS/c11-9-7-15-10(12-9)13-4-1-2-8(6-13)3-5-14/h7-8,14H,1-6H2. The number of nitrogens with zero attached hydrogens (tertiary/aromatic N) is 2. The van der Waals surface area contributed by atoms with Crippen molar-refractivity contribution in [3.8, 4) is 0 Å². The zero-order valence-electron chi connectivity index (χ0n) is 8.53. The molecular formula is C10H15BrN2OS. The van der Waals surface area contributed by atoms with Gasteiger partial charge in [0.2, 0.25) is 0 Å². The summed E-state index contributed by atoms with van der Waals surface area (Å²) in [4.78, 5) is 6.76. The fourth-order valence-corrected chi connectivity index (χ4v) is 3.33. The average Bonchev–Trinajstić information content (AvgIpc) is 2.66. The molecule has 2 heterocycles. The number of aliphatic hydroxyl groups is 1. The molecule has 5 heteroatoms. The van der Waals surface area contributed by atoms with Crippen LogP contribution in [0.15, 0.2) is 9.98 Å². The Bertz CT molecular complexity index is 316. The normalized spacial score (nSPS) is 22.0. The predicted octanol–water partition coefficient (Wildman–Crippen LogP) is 2.50. The first-order valence-corrected chi connectivity index (χ1v) is 6.93. The third kappa shape index (κ3) is 2.92. The SMILES string of the molecule is OCCC1CCCN(c2nc(Br)cs2)C1. The molecule has 0 amide bonds. The van der Waals surface area contributed by atoms with Crippen LogP contribution in [0, 0.1) is 5.92 Å². The summed E-state index contributed by atoms with van der Waals surface area (Å²) in [6, 6.07) is 0. The summed E-state index contributed by atoms with van der Waals surface area (Å²) < 4.78 is 0.923. The Kier molecular flexibility index (Phi) is 3.99. The first-order valence-electron chi connectivity index (χ1n) is 5.26. The molecule has 0 saturated carbocycles. The third-order valence-electron chi connectivity index (χ3n) is 2.79. The van der Waals surface area contributed by atoms with Gasteiger partial charge in [-0.05, 0) is 41.1 Å². The highest BCUT2D eigenvalue weighted by atomic mass is 79.9. The maximum absolute atomic E-state index is 8.94. The maximum atomic E-state index is 8.94. The topological polar surface area (TPSA) is 36.4 Å². The van der Waals surface area contributed by atoms with E-state index in [2.05, 4.69) is 25.8 Å². The lowest BCUT2D eigenvalue weighted by molar-refractivity contribution is 0.244. The second kappa shape index (κ2) is 5.27. The summed E-state index contributed by atoms with van der Waals surface area (Å²) in [5.41, 5.74) is 0. The molecule has 1 fully saturated rings. The van der Waals surface area contributed by atoms with Crippen LogP contribution in [0.1, 0.15) is 19.3 Å². The Hall–Kier alpha value is -0.130. The number of anilines is 1. The van der Waals surface area contributed by atoms with Crippen LogP contribution < -0.4 is 4.90 Å². The quantitative estimate of drug-likeness (QED) is 0.929. The molecule has 2 rings (SSSR count). The van der Waals surface area contributed by atoms with Crippen LogP contribution in [-0.2, 0) is 0 Å². The number of hydrogen-bond donors (Lipinski definition) is 1. The second-order valence-electron chi connectivity index (χ2n) is 3.92. The summed E-state index contributed by atoms with van der Waals surface area (Å²) in [7, 11) is 0. The summed E-state index contributed by atoms with van der Waals surface area (Å²) in [5, 5.41) is 12.1. The molecule has 1 aromatic heterocycles. The van der Waals surface area contributed by atoms with Gasteiger partial charge in [-0.15, -0.1) is 11.3 Å². The van der Waals surface area contributed by atoms with Gasteiger partial charge in [-0.1, -0.05) is 0 Å². The van der Waals surface area contributed by atoms with Gasteiger partial charge in [0.15, 0.2) is 5.13 Å². The molecule has 0 aromatic carbocycles. The highest BCUT2D eigenvalue weighted by molar-refractivity contribution is 9.10. The Morgan fingerprint density at radius 3 is 3.20 bits per heavy atom. The van der Waals surface area contributed by atoms with Crippen molar-refractivity contribution >= 4 is 32.4 Å². The highest BCUT2D eigenvalue weighted by Crippen LogP contribution is 2.28. The molecule has 1 aromatic rings. The molecule has 15 heavy (non-hydrogen) atoms. The van der Waals surface area contributed by atoms with E-state index in [1.165, 1.54) is 12.8 Å². The lowest BCUT2D eigenvalue weighted by Crippen LogP contribution is -2.35. The molecule has 1 aliphatic rings. The van der Waals surface area contributed by atoms with Crippen molar-refractivity contribution in [2.75, 3.05) is 24.6 Å². The van der Waals surface area contributed by atoms with Crippen molar-refractivity contribution in [3.63, 3.8) is 0 Å². The van der Waals surface area contributed by atoms with E-state index in [0.29, 0.717) is 12.5 Å². The number of aromatic nitrogens is 1. The van der Waals surface area contributed by atoms with Gasteiger partial charge in [0.25, 0.3) is 0 Å². The Labute approximate surface area is 102 Å². The molecule has 0 spiro atoms. The fourth-order valence-electron chi connectivity index (χ4n) is 2.05. The molecule has 1 aliphatic heterocycles. The molecular weight excluding hydrogens is 276 g/mol. The van der Waals surface area contributed by atoms with Gasteiger partial charge in [-0.2, -0.15) is 0 Å². The molecule has 1 atom stereocenters. The molecule has 0 aliphatic carbocycles. The van der Waals surface area contributed by atoms with Gasteiger partial charge in [0.1, 0.15) is 4.60 Å². The minimum absolute atomic E-state index is 0.306. The van der Waals surface area contributed by atoms with Gasteiger partial charge in [0.05, 0.1) is 0 Å². The van der Waals surface area contributed by atoms with Gasteiger partial charge in [0, 0.05) is 25.1 Å². The Morgan fingerprint density at radius 1 is 1.67 bits per heavy atom. The highest BCUT2D eigenvalue weighted by Gasteiger charge is 2.21. The predicted molar refractivity (Wildman–Crippen MR) is 66.5 cm³/mol. The number of thiazole rings is 1. The van der Waals surface area contributed by atoms with Crippen molar-refractivity contribution < 1.29 is 5.11 Å². The molecule has 3 nitrogen and oxygen atoms in total. The number of hydrogen-bond acceptors (Lipinski definition) is 4. The van der Waals surface area contributed by atoms with E-state index >= 15 is 0 Å². The summed E-state index contributed by atoms with van der Waals surface area (Å²) in [5.74, 6) is 0.631. The summed E-state index contributed by atoms with van der Waals surface area (Å²) >= 11 is 5.06. The van der Waals surface area contributed by atoms with E-state index in [9.17, 15) is 0 Å². The fraction of sp³-hybridized carbons (Fsp3) is 0.700. The zero-order chi connectivity index (χ0) is 10.7. The van der Waals surface area contributed by atoms with Crippen LogP contribution >= 0.6 is 27.3 Å². The third-order valence-corrected chi connectivity index (χ3v) is 4.40. The maximum Gasteiger partial charge on any atom is 0.186 e. The number of aliphatic hydroxyl groups excluding tert-OH is 1. The van der Waals surface area contributed by atoms with E-state index in [4.69, 9.17) is 5.11 Å². The van der Waals surface area contributed by atoms with E-state index < -0.39 is 0 Å². The zero-order valence-corrected chi connectivity index (χ0v) is 10.9.